The van der Waals surface area contributed by atoms with E-state index in [0.29, 0.717) is 23.0 Å². The van der Waals surface area contributed by atoms with Crippen LogP contribution in [0.2, 0.25) is 0 Å². The van der Waals surface area contributed by atoms with E-state index in [1.54, 1.807) is 56.3 Å². The first-order valence-electron chi connectivity index (χ1n) is 41.7. The lowest BCUT2D eigenvalue weighted by Crippen LogP contribution is -2.28. The Labute approximate surface area is 719 Å². The maximum atomic E-state index is 13.9. The fraction of sp³-hybridized carbons (Fsp3) is 0.150. The number of allylic oxidation sites excluding steroid dienone is 14. The van der Waals surface area contributed by atoms with Crippen molar-refractivity contribution in [3.8, 4) is 77.9 Å². The molecule has 12 heteroatoms. The van der Waals surface area contributed by atoms with Gasteiger partial charge in [-0.15, -0.1) is 0 Å². The molecule has 0 N–H and O–H groups in total. The third-order valence-corrected chi connectivity index (χ3v) is 26.1. The largest absolute Gasteiger partial charge is 0.416 e. The Morgan fingerprint density at radius 1 is 0.240 bits per heavy atom. The van der Waals surface area contributed by atoms with E-state index >= 15 is 0 Å². The molecule has 2 atom stereocenters. The van der Waals surface area contributed by atoms with Crippen LogP contribution in [-0.2, 0) is 30.1 Å². The number of hydrogen-bond donors (Lipinski definition) is 0. The van der Waals surface area contributed by atoms with E-state index < -0.39 is 52.4 Å². The van der Waals surface area contributed by atoms with Crippen LogP contribution in [0.1, 0.15) is 106 Å². The van der Waals surface area contributed by atoms with Crippen molar-refractivity contribution in [1.82, 2.24) is 0 Å². The van der Waals surface area contributed by atoms with E-state index in [4.69, 9.17) is 0 Å². The SMILES string of the molecule is Cc1cc(-c2ccc3ccc4cccc5ccc2c3c45)cc(C)c1C(F)(F)F.Cc1cc(C2=CC3=CC=C4C=CC=C5C=CC(=C2)C3C54)cc(C)c1C(F)(F)F.Cc1ccc(-c2ccc(-c3ccc(C)c(C(F)(F)F)c3)cc2)cc1C.Cc1ccc(-c2ccc3c(c2)C2(c4ccccc4-c4ccccc42)c2cc(-c4ccc(C)c(C(F)(F)F)c4)ccc2-3)cc1C. The van der Waals surface area contributed by atoms with Gasteiger partial charge in [-0.25, -0.2) is 0 Å². The summed E-state index contributed by atoms with van der Waals surface area (Å²) in [7, 11) is 0. The van der Waals surface area contributed by atoms with Crippen LogP contribution < -0.4 is 0 Å². The van der Waals surface area contributed by atoms with Gasteiger partial charge in [0.15, 0.2) is 0 Å². The Bertz CT molecular complexity index is 7080. The van der Waals surface area contributed by atoms with Crippen molar-refractivity contribution in [3.05, 3.63) is 444 Å². The van der Waals surface area contributed by atoms with Crippen molar-refractivity contribution in [2.45, 2.75) is 99.4 Å². The van der Waals surface area contributed by atoms with Crippen molar-refractivity contribution in [1.29, 1.82) is 0 Å². The van der Waals surface area contributed by atoms with Gasteiger partial charge in [0.05, 0.1) is 27.7 Å². The van der Waals surface area contributed by atoms with Gasteiger partial charge in [-0.1, -0.05) is 291 Å². The van der Waals surface area contributed by atoms with Crippen LogP contribution in [0.3, 0.4) is 0 Å². The van der Waals surface area contributed by atoms with Crippen molar-refractivity contribution in [3.63, 3.8) is 0 Å². The van der Waals surface area contributed by atoms with Gasteiger partial charge < -0.3 is 0 Å². The molecule has 2 unspecified atom stereocenters. The van der Waals surface area contributed by atoms with Crippen LogP contribution in [0, 0.1) is 81.1 Å². The number of alkyl halides is 12. The van der Waals surface area contributed by atoms with Crippen LogP contribution >= 0.6 is 0 Å². The lowest BCUT2D eigenvalue weighted by atomic mass is 9.64. The molecule has 6 aliphatic carbocycles. The van der Waals surface area contributed by atoms with Crippen LogP contribution in [0.4, 0.5) is 52.7 Å². The average Bonchev–Trinajstić information content (AvgIpc) is 1.50. The highest BCUT2D eigenvalue weighted by Crippen LogP contribution is 2.64. The molecule has 0 aliphatic heterocycles. The third-order valence-electron chi connectivity index (χ3n) is 26.1. The van der Waals surface area contributed by atoms with Gasteiger partial charge in [0.2, 0.25) is 0 Å². The second-order valence-electron chi connectivity index (χ2n) is 33.9. The topological polar surface area (TPSA) is 0 Å². The fourth-order valence-electron chi connectivity index (χ4n) is 19.9. The second-order valence-corrected chi connectivity index (χ2v) is 33.9. The van der Waals surface area contributed by atoms with E-state index in [1.165, 1.54) is 145 Å². The first kappa shape index (κ1) is 82.6. The average molecular weight is 1670 g/mol. The van der Waals surface area contributed by atoms with E-state index in [1.807, 2.05) is 42.5 Å². The van der Waals surface area contributed by atoms with Crippen molar-refractivity contribution >= 4 is 37.9 Å². The molecule has 0 bridgehead atoms. The Morgan fingerprint density at radius 3 is 1.10 bits per heavy atom. The molecule has 620 valence electrons. The van der Waals surface area contributed by atoms with Gasteiger partial charge in [0, 0.05) is 11.8 Å². The number of rotatable bonds is 6. The van der Waals surface area contributed by atoms with Gasteiger partial charge >= 0.3 is 24.7 Å². The molecule has 0 saturated carbocycles. The molecular formula is C113H84F12. The zero-order valence-corrected chi connectivity index (χ0v) is 70.2. The van der Waals surface area contributed by atoms with E-state index in [-0.39, 0.29) is 33.4 Å². The summed E-state index contributed by atoms with van der Waals surface area (Å²) in [6.07, 6.45) is 1.92. The van der Waals surface area contributed by atoms with Gasteiger partial charge in [0.1, 0.15) is 0 Å². The molecule has 0 radical (unpaired) electrons. The van der Waals surface area contributed by atoms with Crippen molar-refractivity contribution < 1.29 is 52.7 Å². The Kier molecular flexibility index (Phi) is 20.6. The predicted octanol–water partition coefficient (Wildman–Crippen LogP) is 33.0. The lowest BCUT2D eigenvalue weighted by Gasteiger charge is -2.40. The monoisotopic (exact) mass is 1670 g/mol. The van der Waals surface area contributed by atoms with E-state index in [0.717, 1.165) is 77.5 Å². The number of fused-ring (bicyclic) bond motifs is 10. The minimum Gasteiger partial charge on any atom is -0.166 e. The highest BCUT2D eigenvalue weighted by Gasteiger charge is 2.52. The lowest BCUT2D eigenvalue weighted by molar-refractivity contribution is -0.139. The maximum absolute atomic E-state index is 13.9. The minimum absolute atomic E-state index is 0.226. The quantitative estimate of drug-likeness (QED) is 0.115. The first-order valence-corrected chi connectivity index (χ1v) is 41.7. The summed E-state index contributed by atoms with van der Waals surface area (Å²) in [5, 5.41) is 6.94. The van der Waals surface area contributed by atoms with Crippen molar-refractivity contribution in [2.75, 3.05) is 0 Å². The summed E-state index contributed by atoms with van der Waals surface area (Å²) >= 11 is 0. The predicted molar refractivity (Wildman–Crippen MR) is 486 cm³/mol. The molecular weight excluding hydrogens is 1590 g/mol. The summed E-state index contributed by atoms with van der Waals surface area (Å²) in [6, 6.07) is 85.1. The molecule has 125 heavy (non-hydrogen) atoms. The molecule has 15 aromatic rings. The third kappa shape index (κ3) is 14.8. The standard InChI is InChI=1S/C41H29F3.C25H19F3.C25H17F3.C22H19F3/c1-24-12-14-27(20-26(24)3)29-16-18-33-34-19-17-30(28-15-13-25(2)37(21-28)41(42,43)44)23-39(34)40(38(33)22-29)35-10-6-4-8-31(35)32-9-5-7-11-36(32)40;1-14-10-20(11-15(2)24(14)25(26,27)28)21-12-18-8-6-16-4-3-5-17-7-9-19(13-21)23(18)22(16)17;1-14-12-19(13-15(2)24(14)25(26,27)28)20-10-8-18-7-6-16-4-3-5-17-9-11-21(20)23(18)22(16)17;1-14-4-6-19(12-16(14)3)17-8-10-18(11-9-17)20-7-5-15(2)21(13-20)22(23,24)25/h4-23H,1-3H3;3-13,22-23H,1-2H3;3-13H,1-2H3;4-13H,1-3H3. The van der Waals surface area contributed by atoms with Gasteiger partial charge in [0.25, 0.3) is 0 Å². The Hall–Kier alpha value is -13.3. The molecule has 1 spiro atoms. The summed E-state index contributed by atoms with van der Waals surface area (Å²) < 4.78 is 161. The van der Waals surface area contributed by atoms with Gasteiger partial charge in [-0.05, 0) is 315 Å². The van der Waals surface area contributed by atoms with Crippen LogP contribution in [0.5, 0.6) is 0 Å². The van der Waals surface area contributed by atoms with Gasteiger partial charge in [-0.3, -0.25) is 0 Å². The number of benzene rings is 15. The molecule has 0 amide bonds. The maximum Gasteiger partial charge on any atom is 0.416 e. The van der Waals surface area contributed by atoms with E-state index in [2.05, 4.69) is 240 Å². The Balaban J connectivity index is 0.000000117. The summed E-state index contributed by atoms with van der Waals surface area (Å²) in [4.78, 5) is 0. The van der Waals surface area contributed by atoms with Gasteiger partial charge in [-0.2, -0.15) is 52.7 Å². The zero-order chi connectivity index (χ0) is 87.8. The van der Waals surface area contributed by atoms with Crippen LogP contribution in [-0.4, -0.2) is 0 Å². The normalized spacial score (nSPS) is 15.5. The summed E-state index contributed by atoms with van der Waals surface area (Å²) in [5.74, 6) is 0.636. The molecule has 21 rings (SSSR count). The fourth-order valence-corrected chi connectivity index (χ4v) is 19.9. The summed E-state index contributed by atoms with van der Waals surface area (Å²) in [5.41, 5.74) is 28.9. The highest BCUT2D eigenvalue weighted by molar-refractivity contribution is 6.25. The Morgan fingerprint density at radius 2 is 0.608 bits per heavy atom. The zero-order valence-electron chi connectivity index (χ0n) is 70.2. The summed E-state index contributed by atoms with van der Waals surface area (Å²) in [6.45, 7) is 17.6. The molecule has 15 aromatic carbocycles. The minimum atomic E-state index is -4.41. The molecule has 6 aliphatic rings. The smallest absolute Gasteiger partial charge is 0.166 e. The number of halogens is 12. The molecule has 0 heterocycles. The van der Waals surface area contributed by atoms with E-state index in [9.17, 15) is 52.7 Å². The van der Waals surface area contributed by atoms with Crippen LogP contribution in [0.15, 0.2) is 338 Å². The molecule has 0 saturated heterocycles. The molecule has 0 nitrogen and oxygen atoms in total. The number of hydrogen-bond acceptors (Lipinski definition) is 0. The highest BCUT2D eigenvalue weighted by atomic mass is 19.4. The number of aryl methyl sites for hydroxylation is 10. The second kappa shape index (κ2) is 31.2. The first-order chi connectivity index (χ1) is 59.6. The molecule has 0 aromatic heterocycles. The molecule has 0 fully saturated rings. The van der Waals surface area contributed by atoms with Crippen molar-refractivity contribution in [2.24, 2.45) is 11.8 Å². The van der Waals surface area contributed by atoms with Crippen LogP contribution in [0.25, 0.3) is 116 Å².